The third kappa shape index (κ3) is 8.00. The van der Waals surface area contributed by atoms with E-state index in [2.05, 4.69) is 10.9 Å². The van der Waals surface area contributed by atoms with Crippen LogP contribution in [0.1, 0.15) is 29.6 Å². The van der Waals surface area contributed by atoms with Crippen molar-refractivity contribution in [3.8, 4) is 12.3 Å². The first kappa shape index (κ1) is 29.7. The molecule has 0 fully saturated rings. The van der Waals surface area contributed by atoms with Gasteiger partial charge in [0.25, 0.3) is 11.8 Å². The molecule has 6 nitrogen and oxygen atoms in total. The molecule has 10 heteroatoms. The van der Waals surface area contributed by atoms with Crippen molar-refractivity contribution in [2.24, 2.45) is 0 Å². The van der Waals surface area contributed by atoms with E-state index >= 15 is 0 Å². The molecule has 3 rings (SSSR count). The van der Waals surface area contributed by atoms with Gasteiger partial charge in [0.1, 0.15) is 6.04 Å². The smallest absolute Gasteiger partial charge is 0.275 e. The zero-order valence-corrected chi connectivity index (χ0v) is 21.2. The minimum Gasteiger partial charge on any atom is -0.394 e. The number of rotatable bonds is 7. The lowest BCUT2D eigenvalue weighted by atomic mass is 9.97. The van der Waals surface area contributed by atoms with E-state index in [0.717, 1.165) is 17.5 Å². The number of amides is 2. The summed E-state index contributed by atoms with van der Waals surface area (Å²) in [6.45, 7) is -0.540. The summed E-state index contributed by atoms with van der Waals surface area (Å²) in [6, 6.07) is 10.1. The van der Waals surface area contributed by atoms with Crippen molar-refractivity contribution < 1.29 is 28.6 Å². The van der Waals surface area contributed by atoms with Crippen LogP contribution in [-0.2, 0) is 14.5 Å². The Balaban J connectivity index is 0.00000153. The first-order valence-electron chi connectivity index (χ1n) is 10.8. The molecular weight excluding hydrogens is 525 g/mol. The highest BCUT2D eigenvalue weighted by molar-refractivity contribution is 6.30. The first-order valence-corrected chi connectivity index (χ1v) is 11.6. The van der Waals surface area contributed by atoms with E-state index in [9.17, 15) is 23.7 Å². The summed E-state index contributed by atoms with van der Waals surface area (Å²) in [4.78, 5) is 30.6. The number of aliphatic hydroxyl groups is 1. The number of benzene rings is 2. The maximum Gasteiger partial charge on any atom is 0.275 e. The van der Waals surface area contributed by atoms with Crippen molar-refractivity contribution in [3.05, 3.63) is 105 Å². The molecule has 2 amide bonds. The van der Waals surface area contributed by atoms with Gasteiger partial charge in [0, 0.05) is 21.2 Å². The molecule has 37 heavy (non-hydrogen) atoms. The van der Waals surface area contributed by atoms with Gasteiger partial charge in [-0.1, -0.05) is 71.6 Å². The van der Waals surface area contributed by atoms with Crippen LogP contribution in [0.15, 0.2) is 84.0 Å². The Morgan fingerprint density at radius 3 is 2.16 bits per heavy atom. The SMILES string of the molecule is C#CC1=CC=CC(C(=O)N(C(CO)c2ccc(Cl)cc2)C(C(=O)NF)c2ccc(Cl)cc2)=CC1.COF. The van der Waals surface area contributed by atoms with E-state index in [1.54, 1.807) is 48.6 Å². The molecule has 0 aliphatic heterocycles. The molecule has 1 aliphatic rings. The Hall–Kier alpha value is -3.48. The van der Waals surface area contributed by atoms with Gasteiger partial charge in [-0.05, 0) is 52.4 Å². The minimum atomic E-state index is -1.42. The largest absolute Gasteiger partial charge is 0.394 e. The number of nitrogens with zero attached hydrogens (tertiary/aromatic N) is 1. The number of allylic oxidation sites excluding steroid dienone is 4. The van der Waals surface area contributed by atoms with Gasteiger partial charge >= 0.3 is 0 Å². The van der Waals surface area contributed by atoms with Crippen molar-refractivity contribution in [2.45, 2.75) is 18.5 Å². The zero-order chi connectivity index (χ0) is 27.4. The van der Waals surface area contributed by atoms with Gasteiger partial charge < -0.3 is 10.0 Å². The second-order valence-corrected chi connectivity index (χ2v) is 8.46. The fourth-order valence-electron chi connectivity index (χ4n) is 3.65. The molecule has 0 saturated heterocycles. The monoisotopic (exact) mass is 548 g/mol. The Labute approximate surface area is 223 Å². The standard InChI is InChI=1S/C26H21Cl2FN2O3.CH3FO/c1-2-17-4-3-5-20(7-6-17)26(34)31(23(16-32)18-8-12-21(27)13-9-18)24(25(33)30-29)19-10-14-22(28)15-11-19;1-3-2/h1,3-5,7-15,23-24,32H,6,16H2,(H,30,33);1H3. The summed E-state index contributed by atoms with van der Waals surface area (Å²) < 4.78 is 23.3. The fourth-order valence-corrected chi connectivity index (χ4v) is 3.90. The topological polar surface area (TPSA) is 78.9 Å². The van der Waals surface area contributed by atoms with Gasteiger partial charge in [0.2, 0.25) is 0 Å². The molecule has 0 bridgehead atoms. The van der Waals surface area contributed by atoms with E-state index in [1.807, 2.05) is 0 Å². The van der Waals surface area contributed by atoms with Crippen LogP contribution in [0.2, 0.25) is 10.0 Å². The predicted molar refractivity (Wildman–Crippen MR) is 138 cm³/mol. The van der Waals surface area contributed by atoms with Crippen molar-refractivity contribution in [1.29, 1.82) is 0 Å². The van der Waals surface area contributed by atoms with Crippen LogP contribution >= 0.6 is 23.2 Å². The Bertz CT molecular complexity index is 1210. The lowest BCUT2D eigenvalue weighted by molar-refractivity contribution is -0.144. The summed E-state index contributed by atoms with van der Waals surface area (Å²) >= 11 is 12.0. The number of terminal acetylenes is 1. The summed E-state index contributed by atoms with van der Waals surface area (Å²) in [5, 5.41) is 11.2. The molecule has 2 N–H and O–H groups in total. The normalized spacial score (nSPS) is 14.0. The van der Waals surface area contributed by atoms with E-state index in [1.165, 1.54) is 24.3 Å². The summed E-state index contributed by atoms with van der Waals surface area (Å²) in [7, 11) is 0.958. The average Bonchev–Trinajstić information content (AvgIpc) is 3.16. The molecule has 0 radical (unpaired) electrons. The number of hydrogen-bond donors (Lipinski definition) is 2. The summed E-state index contributed by atoms with van der Waals surface area (Å²) in [5.74, 6) is 0.864. The Morgan fingerprint density at radius 2 is 1.68 bits per heavy atom. The highest BCUT2D eigenvalue weighted by atomic mass is 35.5. The van der Waals surface area contributed by atoms with Gasteiger partial charge in [0.05, 0.1) is 19.8 Å². The second kappa shape index (κ2) is 14.9. The highest BCUT2D eigenvalue weighted by Gasteiger charge is 2.38. The molecule has 1 aliphatic carbocycles. The van der Waals surface area contributed by atoms with E-state index in [0.29, 0.717) is 33.2 Å². The number of hydrogen-bond acceptors (Lipinski definition) is 4. The number of carbonyl (C=O) groups is 2. The van der Waals surface area contributed by atoms with Gasteiger partial charge in [-0.25, -0.2) is 0 Å². The second-order valence-electron chi connectivity index (χ2n) is 7.59. The third-order valence-corrected chi connectivity index (χ3v) is 5.85. The highest BCUT2D eigenvalue weighted by Crippen LogP contribution is 2.34. The van der Waals surface area contributed by atoms with Crippen LogP contribution in [0.3, 0.4) is 0 Å². The predicted octanol–water partition coefficient (Wildman–Crippen LogP) is 5.56. The van der Waals surface area contributed by atoms with Gasteiger partial charge in [-0.2, -0.15) is 10.5 Å². The van der Waals surface area contributed by atoms with Gasteiger partial charge in [-0.3, -0.25) is 9.59 Å². The lowest BCUT2D eigenvalue weighted by Crippen LogP contribution is -2.45. The summed E-state index contributed by atoms with van der Waals surface area (Å²) in [6.07, 6.45) is 12.3. The minimum absolute atomic E-state index is 0.236. The van der Waals surface area contributed by atoms with Crippen LogP contribution in [0.25, 0.3) is 0 Å². The number of nitrogens with one attached hydrogen (secondary N) is 1. The molecule has 0 spiro atoms. The molecule has 0 heterocycles. The van der Waals surface area contributed by atoms with Crippen molar-refractivity contribution in [3.63, 3.8) is 0 Å². The molecule has 2 aromatic rings. The molecular formula is C27H24Cl2F2N2O4. The fraction of sp³-hybridized carbons (Fsp3) is 0.185. The van der Waals surface area contributed by atoms with Gasteiger partial charge in [0.15, 0.2) is 0 Å². The Kier molecular flexibility index (Phi) is 12.0. The van der Waals surface area contributed by atoms with Crippen LogP contribution in [0.5, 0.6) is 0 Å². The van der Waals surface area contributed by atoms with Gasteiger partial charge in [-0.15, -0.1) is 10.9 Å². The average molecular weight is 549 g/mol. The molecule has 0 saturated carbocycles. The third-order valence-electron chi connectivity index (χ3n) is 5.35. The van der Waals surface area contributed by atoms with Crippen LogP contribution < -0.4 is 5.54 Å². The number of halogens is 4. The molecule has 2 atom stereocenters. The maximum absolute atomic E-state index is 13.9. The van der Waals surface area contributed by atoms with Crippen molar-refractivity contribution >= 4 is 35.0 Å². The Morgan fingerprint density at radius 1 is 1.14 bits per heavy atom. The van der Waals surface area contributed by atoms with Crippen LogP contribution in [-0.4, -0.2) is 35.5 Å². The number of carbonyl (C=O) groups excluding carboxylic acids is 2. The van der Waals surface area contributed by atoms with E-state index in [4.69, 9.17) is 29.6 Å². The van der Waals surface area contributed by atoms with Crippen LogP contribution in [0.4, 0.5) is 9.01 Å². The first-order chi connectivity index (χ1) is 17.8. The number of aliphatic hydroxyl groups excluding tert-OH is 1. The maximum atomic E-state index is 13.9. The molecule has 194 valence electrons. The van der Waals surface area contributed by atoms with E-state index < -0.39 is 30.5 Å². The lowest BCUT2D eigenvalue weighted by Gasteiger charge is -2.37. The van der Waals surface area contributed by atoms with Crippen molar-refractivity contribution in [1.82, 2.24) is 10.4 Å². The van der Waals surface area contributed by atoms with E-state index in [-0.39, 0.29) is 5.57 Å². The quantitative estimate of drug-likeness (QED) is 0.350. The van der Waals surface area contributed by atoms with Crippen molar-refractivity contribution in [2.75, 3.05) is 13.7 Å². The molecule has 2 unspecified atom stereocenters. The van der Waals surface area contributed by atoms with Crippen LogP contribution in [0, 0.1) is 12.3 Å². The molecule has 0 aromatic heterocycles. The zero-order valence-electron chi connectivity index (χ0n) is 19.7. The summed E-state index contributed by atoms with van der Waals surface area (Å²) in [5.41, 5.74) is 2.85. The molecule has 2 aromatic carbocycles.